The van der Waals surface area contributed by atoms with E-state index in [0.29, 0.717) is 30.8 Å². The highest BCUT2D eigenvalue weighted by molar-refractivity contribution is 5.88. The fourth-order valence-electron chi connectivity index (χ4n) is 4.27. The molecule has 10 heteroatoms. The lowest BCUT2D eigenvalue weighted by Gasteiger charge is -2.28. The fourth-order valence-corrected chi connectivity index (χ4v) is 4.27. The first kappa shape index (κ1) is 28.1. The van der Waals surface area contributed by atoms with Gasteiger partial charge in [0.15, 0.2) is 0 Å². The number of pyridine rings is 1. The summed E-state index contributed by atoms with van der Waals surface area (Å²) in [7, 11) is 1.37. The van der Waals surface area contributed by atoms with Crippen LogP contribution in [0.3, 0.4) is 0 Å². The van der Waals surface area contributed by atoms with E-state index in [1.807, 2.05) is 31.3 Å². The molecule has 1 saturated carbocycles. The van der Waals surface area contributed by atoms with E-state index in [1.54, 1.807) is 52.4 Å². The third kappa shape index (κ3) is 6.87. The van der Waals surface area contributed by atoms with Gasteiger partial charge in [0.25, 0.3) is 0 Å². The summed E-state index contributed by atoms with van der Waals surface area (Å²) in [4.78, 5) is 48.4. The molecule has 0 aromatic carbocycles. The highest BCUT2D eigenvalue weighted by Crippen LogP contribution is 2.57. The highest BCUT2D eigenvalue weighted by Gasteiger charge is 2.63. The molecule has 202 valence electrons. The van der Waals surface area contributed by atoms with Crippen LogP contribution in [0.1, 0.15) is 72.2 Å². The van der Waals surface area contributed by atoms with Gasteiger partial charge in [-0.3, -0.25) is 9.36 Å². The normalized spacial score (nSPS) is 19.2. The quantitative estimate of drug-likeness (QED) is 0.376. The van der Waals surface area contributed by atoms with Crippen LogP contribution < -0.4 is 0 Å². The molecule has 1 fully saturated rings. The topological polar surface area (TPSA) is 113 Å². The summed E-state index contributed by atoms with van der Waals surface area (Å²) in [5.74, 6) is 0.310. The van der Waals surface area contributed by atoms with Crippen LogP contribution in [-0.2, 0) is 24.4 Å². The number of hydrogen-bond donors (Lipinski definition) is 0. The third-order valence-corrected chi connectivity index (χ3v) is 5.99. The average Bonchev–Trinajstić information content (AvgIpc) is 3.28. The number of aryl methyl sites for hydroxylation is 1. The molecule has 3 rings (SSSR count). The molecule has 2 aromatic heterocycles. The lowest BCUT2D eigenvalue weighted by Crippen LogP contribution is -2.44. The van der Waals surface area contributed by atoms with E-state index in [-0.39, 0.29) is 18.4 Å². The SMILES string of the molecule is COC(=O)[C@]1(c2cn(-c3cccc(C)n3)cn2)C[C@@H]1CCCN(C(=O)OC(C)(C)C)C(=O)OC(C)(C)C. The van der Waals surface area contributed by atoms with E-state index in [2.05, 4.69) is 9.97 Å². The van der Waals surface area contributed by atoms with Gasteiger partial charge in [0.1, 0.15) is 28.8 Å². The molecule has 10 nitrogen and oxygen atoms in total. The molecule has 2 atom stereocenters. The van der Waals surface area contributed by atoms with E-state index in [4.69, 9.17) is 14.2 Å². The van der Waals surface area contributed by atoms with E-state index in [9.17, 15) is 14.4 Å². The first-order valence-electron chi connectivity index (χ1n) is 12.5. The Morgan fingerprint density at radius 1 is 1.08 bits per heavy atom. The Morgan fingerprint density at radius 2 is 1.70 bits per heavy atom. The Labute approximate surface area is 218 Å². The molecule has 0 spiro atoms. The molecular weight excluding hydrogens is 476 g/mol. The second kappa shape index (κ2) is 10.5. The molecule has 2 aromatic rings. The summed E-state index contributed by atoms with van der Waals surface area (Å²) in [6, 6.07) is 5.69. The number of carbonyl (C=O) groups excluding carboxylic acids is 3. The molecule has 2 heterocycles. The molecule has 0 saturated heterocycles. The predicted molar refractivity (Wildman–Crippen MR) is 136 cm³/mol. The summed E-state index contributed by atoms with van der Waals surface area (Å²) < 4.78 is 17.8. The van der Waals surface area contributed by atoms with Crippen LogP contribution in [0.4, 0.5) is 9.59 Å². The second-order valence-corrected chi connectivity index (χ2v) is 11.4. The van der Waals surface area contributed by atoms with Crippen molar-refractivity contribution in [2.24, 2.45) is 5.92 Å². The molecule has 0 aliphatic heterocycles. The van der Waals surface area contributed by atoms with Gasteiger partial charge >= 0.3 is 18.2 Å². The smallest absolute Gasteiger partial charge is 0.419 e. The molecule has 1 aliphatic rings. The maximum atomic E-state index is 12.9. The maximum Gasteiger partial charge on any atom is 0.419 e. The Kier molecular flexibility index (Phi) is 8.00. The molecule has 0 bridgehead atoms. The van der Waals surface area contributed by atoms with E-state index in [1.165, 1.54) is 7.11 Å². The average molecular weight is 515 g/mol. The number of rotatable bonds is 7. The number of imidazole rings is 1. The van der Waals surface area contributed by atoms with Gasteiger partial charge in [-0.2, -0.15) is 0 Å². The Hall–Kier alpha value is -3.43. The van der Waals surface area contributed by atoms with Gasteiger partial charge in [-0.05, 0) is 85.8 Å². The van der Waals surface area contributed by atoms with Crippen molar-refractivity contribution in [3.05, 3.63) is 42.1 Å². The number of aromatic nitrogens is 3. The zero-order valence-corrected chi connectivity index (χ0v) is 23.0. The lowest BCUT2D eigenvalue weighted by atomic mass is 9.97. The van der Waals surface area contributed by atoms with Crippen LogP contribution >= 0.6 is 0 Å². The van der Waals surface area contributed by atoms with Crippen molar-refractivity contribution in [1.82, 2.24) is 19.4 Å². The van der Waals surface area contributed by atoms with Gasteiger partial charge in [0.05, 0.1) is 12.8 Å². The lowest BCUT2D eigenvalue weighted by molar-refractivity contribution is -0.144. The molecular formula is C27H38N4O6. The highest BCUT2D eigenvalue weighted by atomic mass is 16.6. The van der Waals surface area contributed by atoms with Crippen LogP contribution in [0.25, 0.3) is 5.82 Å². The first-order valence-corrected chi connectivity index (χ1v) is 12.5. The van der Waals surface area contributed by atoms with E-state index < -0.39 is 28.8 Å². The number of methoxy groups -OCH3 is 1. The van der Waals surface area contributed by atoms with Crippen molar-refractivity contribution in [1.29, 1.82) is 0 Å². The summed E-state index contributed by atoms with van der Waals surface area (Å²) in [6.07, 6.45) is 3.53. The van der Waals surface area contributed by atoms with Crippen LogP contribution in [0, 0.1) is 12.8 Å². The van der Waals surface area contributed by atoms with Gasteiger partial charge in [0, 0.05) is 18.4 Å². The van der Waals surface area contributed by atoms with Crippen molar-refractivity contribution in [3.8, 4) is 5.82 Å². The minimum absolute atomic E-state index is 0.0482. The van der Waals surface area contributed by atoms with Gasteiger partial charge in [-0.1, -0.05) is 6.07 Å². The molecule has 0 radical (unpaired) electrons. The number of esters is 1. The zero-order valence-electron chi connectivity index (χ0n) is 23.0. The zero-order chi connectivity index (χ0) is 27.6. The first-order chi connectivity index (χ1) is 17.2. The van der Waals surface area contributed by atoms with Crippen molar-refractivity contribution in [3.63, 3.8) is 0 Å². The molecule has 0 N–H and O–H groups in total. The summed E-state index contributed by atoms with van der Waals surface area (Å²) in [5.41, 5.74) is -0.910. The molecule has 2 amide bonds. The van der Waals surface area contributed by atoms with Crippen molar-refractivity contribution in [2.75, 3.05) is 13.7 Å². The monoisotopic (exact) mass is 514 g/mol. The van der Waals surface area contributed by atoms with Crippen LogP contribution in [0.5, 0.6) is 0 Å². The number of hydrogen-bond acceptors (Lipinski definition) is 8. The standard InChI is InChI=1S/C27H38N4O6/c1-18-11-9-13-21(29-18)30-16-20(28-17-30)27(22(32)35-8)15-19(27)12-10-14-31(23(33)36-25(2,3)4)24(34)37-26(5,6)7/h9,11,13,16-17,19H,10,12,14-15H2,1-8H3/t19-,27+/m0/s1. The van der Waals surface area contributed by atoms with Crippen LogP contribution in [0.2, 0.25) is 0 Å². The van der Waals surface area contributed by atoms with Crippen molar-refractivity contribution >= 4 is 18.2 Å². The molecule has 1 aliphatic carbocycles. The minimum atomic E-state index is -0.869. The van der Waals surface area contributed by atoms with Crippen molar-refractivity contribution < 1.29 is 28.6 Å². The number of nitrogens with zero attached hydrogens (tertiary/aromatic N) is 4. The Bertz CT molecular complexity index is 1120. The summed E-state index contributed by atoms with van der Waals surface area (Å²) in [5, 5.41) is 0. The Balaban J connectivity index is 1.72. The molecule has 37 heavy (non-hydrogen) atoms. The fraction of sp³-hybridized carbons (Fsp3) is 0.593. The minimum Gasteiger partial charge on any atom is -0.468 e. The van der Waals surface area contributed by atoms with Gasteiger partial charge in [-0.25, -0.2) is 24.5 Å². The maximum absolute atomic E-state index is 12.9. The summed E-state index contributed by atoms with van der Waals surface area (Å²) in [6.45, 7) is 12.4. The number of carbonyl (C=O) groups is 3. The van der Waals surface area contributed by atoms with Gasteiger partial charge < -0.3 is 14.2 Å². The van der Waals surface area contributed by atoms with Crippen LogP contribution in [0.15, 0.2) is 30.7 Å². The Morgan fingerprint density at radius 3 is 2.24 bits per heavy atom. The van der Waals surface area contributed by atoms with Crippen LogP contribution in [-0.4, -0.2) is 62.4 Å². The summed E-state index contributed by atoms with van der Waals surface area (Å²) >= 11 is 0. The number of amides is 2. The van der Waals surface area contributed by atoms with E-state index in [0.717, 1.165) is 10.6 Å². The number of imide groups is 1. The largest absolute Gasteiger partial charge is 0.468 e. The predicted octanol–water partition coefficient (Wildman–Crippen LogP) is 4.96. The second-order valence-electron chi connectivity index (χ2n) is 11.4. The third-order valence-electron chi connectivity index (χ3n) is 5.99. The van der Waals surface area contributed by atoms with Crippen molar-refractivity contribution in [2.45, 2.75) is 84.3 Å². The van der Waals surface area contributed by atoms with Gasteiger partial charge in [0.2, 0.25) is 0 Å². The van der Waals surface area contributed by atoms with E-state index >= 15 is 0 Å². The molecule has 0 unspecified atom stereocenters. The van der Waals surface area contributed by atoms with Gasteiger partial charge in [-0.15, -0.1) is 0 Å². The number of ether oxygens (including phenoxy) is 3.